The molecule has 1 rings (SSSR count). The number of nitrogens with zero attached hydrogens (tertiary/aromatic N) is 3. The average Bonchev–Trinajstić information content (AvgIpc) is 2.64. The van der Waals surface area contributed by atoms with E-state index in [0.29, 0.717) is 13.0 Å². The van der Waals surface area contributed by atoms with Gasteiger partial charge in [-0.1, -0.05) is 17.3 Å². The smallest absolute Gasteiger partial charge is 0.308 e. The van der Waals surface area contributed by atoms with Gasteiger partial charge in [0.2, 0.25) is 0 Å². The maximum absolute atomic E-state index is 10.5. The molecule has 0 aromatic carbocycles. The van der Waals surface area contributed by atoms with E-state index in [1.165, 1.54) is 11.3 Å². The first kappa shape index (κ1) is 12.3. The molecular weight excluding hydrogens is 226 g/mol. The number of aliphatic carboxylic acids is 1. The van der Waals surface area contributed by atoms with Crippen molar-refractivity contribution in [1.82, 2.24) is 0 Å². The Labute approximate surface area is 96.7 Å². The van der Waals surface area contributed by atoms with Gasteiger partial charge in [0, 0.05) is 16.3 Å². The van der Waals surface area contributed by atoms with Gasteiger partial charge in [-0.05, 0) is 29.0 Å². The summed E-state index contributed by atoms with van der Waals surface area (Å²) < 4.78 is 0. The number of carboxylic acids is 1. The molecule has 0 fully saturated rings. The van der Waals surface area contributed by atoms with E-state index >= 15 is 0 Å². The summed E-state index contributed by atoms with van der Waals surface area (Å²) in [5, 5.41) is 13.9. The fourth-order valence-electron chi connectivity index (χ4n) is 1.12. The lowest BCUT2D eigenvalue weighted by Gasteiger charge is -1.87. The van der Waals surface area contributed by atoms with Crippen LogP contribution in [0.4, 0.5) is 0 Å². The van der Waals surface area contributed by atoms with Crippen LogP contribution in [-0.2, 0) is 11.2 Å². The highest BCUT2D eigenvalue weighted by Crippen LogP contribution is 2.16. The zero-order valence-corrected chi connectivity index (χ0v) is 9.35. The third-order valence-corrected chi connectivity index (χ3v) is 2.72. The van der Waals surface area contributed by atoms with Gasteiger partial charge in [-0.2, -0.15) is 0 Å². The molecule has 0 radical (unpaired) electrons. The van der Waals surface area contributed by atoms with Crippen molar-refractivity contribution < 1.29 is 9.90 Å². The quantitative estimate of drug-likeness (QED) is 0.356. The Balaban J connectivity index is 2.45. The first-order valence-corrected chi connectivity index (χ1v) is 5.57. The molecule has 84 valence electrons. The average molecular weight is 237 g/mol. The zero-order valence-electron chi connectivity index (χ0n) is 8.54. The molecule has 0 atom stereocenters. The van der Waals surface area contributed by atoms with E-state index in [1.807, 2.05) is 23.6 Å². The topological polar surface area (TPSA) is 86.1 Å². The Morgan fingerprint density at radius 1 is 1.69 bits per heavy atom. The van der Waals surface area contributed by atoms with Crippen LogP contribution in [0.2, 0.25) is 0 Å². The van der Waals surface area contributed by atoms with Gasteiger partial charge in [0.05, 0.1) is 6.42 Å². The number of carbonyl (C=O) groups is 1. The van der Waals surface area contributed by atoms with Crippen molar-refractivity contribution in [3.63, 3.8) is 0 Å². The Kier molecular flexibility index (Phi) is 5.11. The first-order valence-electron chi connectivity index (χ1n) is 4.69. The lowest BCUT2D eigenvalue weighted by molar-refractivity contribution is -0.136. The predicted molar refractivity (Wildman–Crippen MR) is 63.3 cm³/mol. The van der Waals surface area contributed by atoms with Gasteiger partial charge in [0.1, 0.15) is 0 Å². The summed E-state index contributed by atoms with van der Waals surface area (Å²) >= 11 is 1.43. The van der Waals surface area contributed by atoms with Crippen molar-refractivity contribution in [2.24, 2.45) is 5.11 Å². The molecule has 0 saturated carbocycles. The summed E-state index contributed by atoms with van der Waals surface area (Å²) in [5.74, 6) is -0.819. The Morgan fingerprint density at radius 2 is 2.50 bits per heavy atom. The van der Waals surface area contributed by atoms with Gasteiger partial charge < -0.3 is 5.11 Å². The number of carboxylic acid groups (broad SMARTS) is 1. The summed E-state index contributed by atoms with van der Waals surface area (Å²) in [6, 6.07) is 1.85. The molecule has 0 amide bonds. The van der Waals surface area contributed by atoms with Gasteiger partial charge in [-0.15, -0.1) is 11.3 Å². The number of hydrogen-bond donors (Lipinski definition) is 1. The Bertz CT molecular complexity index is 433. The van der Waals surface area contributed by atoms with Crippen molar-refractivity contribution in [2.45, 2.75) is 12.8 Å². The largest absolute Gasteiger partial charge is 0.481 e. The molecule has 1 aromatic heterocycles. The van der Waals surface area contributed by atoms with E-state index in [4.69, 9.17) is 10.6 Å². The van der Waals surface area contributed by atoms with E-state index in [-0.39, 0.29) is 6.42 Å². The maximum atomic E-state index is 10.5. The number of thiophene rings is 1. The molecule has 1 aromatic rings. The molecule has 5 nitrogen and oxygen atoms in total. The Morgan fingerprint density at radius 3 is 3.19 bits per heavy atom. The summed E-state index contributed by atoms with van der Waals surface area (Å²) in [4.78, 5) is 13.9. The third-order valence-electron chi connectivity index (χ3n) is 1.77. The second-order valence-corrected chi connectivity index (χ2v) is 4.06. The van der Waals surface area contributed by atoms with E-state index in [2.05, 4.69) is 10.0 Å². The lowest BCUT2D eigenvalue weighted by Crippen LogP contribution is -1.97. The highest BCUT2D eigenvalue weighted by atomic mass is 32.1. The van der Waals surface area contributed by atoms with Crippen LogP contribution in [-0.4, -0.2) is 17.6 Å². The van der Waals surface area contributed by atoms with Crippen LogP contribution in [0.1, 0.15) is 16.9 Å². The molecule has 0 aliphatic heterocycles. The molecule has 1 N–H and O–H groups in total. The highest BCUT2D eigenvalue weighted by Gasteiger charge is 2.02. The van der Waals surface area contributed by atoms with Gasteiger partial charge in [0.15, 0.2) is 0 Å². The minimum Gasteiger partial charge on any atom is -0.481 e. The number of azide groups is 1. The van der Waals surface area contributed by atoms with Crippen LogP contribution >= 0.6 is 11.3 Å². The van der Waals surface area contributed by atoms with E-state index in [9.17, 15) is 4.79 Å². The van der Waals surface area contributed by atoms with E-state index in [1.54, 1.807) is 0 Å². The van der Waals surface area contributed by atoms with Crippen molar-refractivity contribution in [3.05, 3.63) is 38.4 Å². The lowest BCUT2D eigenvalue weighted by atomic mass is 10.2. The van der Waals surface area contributed by atoms with Crippen LogP contribution in [0.15, 0.2) is 22.6 Å². The van der Waals surface area contributed by atoms with E-state index in [0.717, 1.165) is 10.4 Å². The molecule has 0 unspecified atom stereocenters. The van der Waals surface area contributed by atoms with Gasteiger partial charge >= 0.3 is 5.97 Å². The van der Waals surface area contributed by atoms with Crippen molar-refractivity contribution >= 4 is 23.4 Å². The van der Waals surface area contributed by atoms with Crippen molar-refractivity contribution in [3.8, 4) is 0 Å². The summed E-state index contributed by atoms with van der Waals surface area (Å²) in [6.45, 7) is 0.444. The molecule has 16 heavy (non-hydrogen) atoms. The summed E-state index contributed by atoms with van der Waals surface area (Å²) in [5.41, 5.74) is 9.04. The second-order valence-electron chi connectivity index (χ2n) is 3.06. The second kappa shape index (κ2) is 6.66. The monoisotopic (exact) mass is 237 g/mol. The van der Waals surface area contributed by atoms with Crippen molar-refractivity contribution in [2.75, 3.05) is 6.54 Å². The summed E-state index contributed by atoms with van der Waals surface area (Å²) in [7, 11) is 0. The SMILES string of the molecule is [N-]=[N+]=NCCC=Cc1csc(CC(=O)O)c1. The number of rotatable bonds is 6. The third kappa shape index (κ3) is 4.63. The highest BCUT2D eigenvalue weighted by molar-refractivity contribution is 7.10. The standard InChI is InChI=1S/C10H11N3O2S/c11-13-12-4-2-1-3-8-5-9(16-7-8)6-10(14)15/h1,3,5,7H,2,4,6H2,(H,14,15). The van der Waals surface area contributed by atoms with Gasteiger partial charge in [-0.25, -0.2) is 0 Å². The maximum Gasteiger partial charge on any atom is 0.308 e. The fraction of sp³-hybridized carbons (Fsp3) is 0.300. The Hall–Kier alpha value is -1.78. The fourth-order valence-corrected chi connectivity index (χ4v) is 1.97. The molecule has 1 heterocycles. The predicted octanol–water partition coefficient (Wildman–Crippen LogP) is 3.09. The molecule has 0 saturated heterocycles. The van der Waals surface area contributed by atoms with Crippen LogP contribution in [0, 0.1) is 0 Å². The van der Waals surface area contributed by atoms with Gasteiger partial charge in [-0.3, -0.25) is 4.79 Å². The molecule has 0 bridgehead atoms. The summed E-state index contributed by atoms with van der Waals surface area (Å²) in [6.07, 6.45) is 4.56. The van der Waals surface area contributed by atoms with Crippen LogP contribution in [0.25, 0.3) is 16.5 Å². The zero-order chi connectivity index (χ0) is 11.8. The minimum atomic E-state index is -0.819. The van der Waals surface area contributed by atoms with Crippen LogP contribution in [0.3, 0.4) is 0 Å². The van der Waals surface area contributed by atoms with Gasteiger partial charge in [0.25, 0.3) is 0 Å². The molecular formula is C10H11N3O2S. The minimum absolute atomic E-state index is 0.0667. The van der Waals surface area contributed by atoms with Crippen molar-refractivity contribution in [1.29, 1.82) is 0 Å². The molecule has 6 heteroatoms. The molecule has 0 aliphatic rings. The van der Waals surface area contributed by atoms with Crippen LogP contribution < -0.4 is 0 Å². The van der Waals surface area contributed by atoms with E-state index < -0.39 is 5.97 Å². The molecule has 0 aliphatic carbocycles. The van der Waals surface area contributed by atoms with Crippen LogP contribution in [0.5, 0.6) is 0 Å². The first-order chi connectivity index (χ1) is 7.72. The molecule has 0 spiro atoms. The normalized spacial score (nSPS) is 10.2. The number of hydrogen-bond acceptors (Lipinski definition) is 3.